The van der Waals surface area contributed by atoms with Crippen LogP contribution in [0.3, 0.4) is 0 Å². The normalized spacial score (nSPS) is 31.5. The Labute approximate surface area is 138 Å². The SMILES string of the molecule is O=C(CCC1CCCCC1)N1C2CCC1CC(n1nccn1)C2. The van der Waals surface area contributed by atoms with Gasteiger partial charge in [-0.05, 0) is 38.0 Å². The number of fused-ring (bicyclic) bond motifs is 2. The molecule has 3 fully saturated rings. The lowest BCUT2D eigenvalue weighted by Gasteiger charge is -2.39. The monoisotopic (exact) mass is 316 g/mol. The number of carbonyl (C=O) groups excluding carboxylic acids is 1. The first kappa shape index (κ1) is 15.2. The first-order chi connectivity index (χ1) is 11.3. The van der Waals surface area contributed by atoms with E-state index in [-0.39, 0.29) is 0 Å². The zero-order chi connectivity index (χ0) is 15.6. The highest BCUT2D eigenvalue weighted by Crippen LogP contribution is 2.41. The van der Waals surface area contributed by atoms with Gasteiger partial charge >= 0.3 is 0 Å². The van der Waals surface area contributed by atoms with Crippen molar-refractivity contribution in [2.75, 3.05) is 0 Å². The second kappa shape index (κ2) is 6.62. The van der Waals surface area contributed by atoms with E-state index >= 15 is 0 Å². The number of hydrogen-bond donors (Lipinski definition) is 0. The molecule has 2 bridgehead atoms. The van der Waals surface area contributed by atoms with Crippen LogP contribution in [0.1, 0.15) is 76.7 Å². The van der Waals surface area contributed by atoms with Gasteiger partial charge < -0.3 is 4.90 Å². The van der Waals surface area contributed by atoms with E-state index in [9.17, 15) is 4.79 Å². The van der Waals surface area contributed by atoms with Crippen LogP contribution in [0, 0.1) is 5.92 Å². The summed E-state index contributed by atoms with van der Waals surface area (Å²) in [6.45, 7) is 0. The lowest BCUT2D eigenvalue weighted by atomic mass is 9.86. The van der Waals surface area contributed by atoms with Gasteiger partial charge in [-0.25, -0.2) is 0 Å². The molecular weight excluding hydrogens is 288 g/mol. The molecule has 3 aliphatic rings. The van der Waals surface area contributed by atoms with E-state index in [1.807, 2.05) is 4.80 Å². The molecule has 0 radical (unpaired) electrons. The summed E-state index contributed by atoms with van der Waals surface area (Å²) in [6, 6.07) is 1.22. The molecule has 4 rings (SSSR count). The van der Waals surface area contributed by atoms with Crippen LogP contribution in [0.2, 0.25) is 0 Å². The van der Waals surface area contributed by atoms with Gasteiger partial charge in [0, 0.05) is 18.5 Å². The molecule has 2 aliphatic heterocycles. The van der Waals surface area contributed by atoms with Crippen molar-refractivity contribution < 1.29 is 4.79 Å². The Morgan fingerprint density at radius 2 is 1.57 bits per heavy atom. The van der Waals surface area contributed by atoms with E-state index in [0.29, 0.717) is 24.0 Å². The molecule has 1 saturated carbocycles. The number of amides is 1. The summed E-state index contributed by atoms with van der Waals surface area (Å²) in [5, 5.41) is 8.61. The summed E-state index contributed by atoms with van der Waals surface area (Å²) in [5.74, 6) is 1.21. The number of carbonyl (C=O) groups is 1. The van der Waals surface area contributed by atoms with E-state index in [0.717, 1.165) is 44.4 Å². The fourth-order valence-corrected chi connectivity index (χ4v) is 5.09. The molecule has 2 unspecified atom stereocenters. The Morgan fingerprint density at radius 1 is 0.913 bits per heavy atom. The highest BCUT2D eigenvalue weighted by Gasteiger charge is 2.43. The van der Waals surface area contributed by atoms with E-state index in [1.165, 1.54) is 32.1 Å². The van der Waals surface area contributed by atoms with E-state index in [2.05, 4.69) is 15.1 Å². The molecule has 126 valence electrons. The summed E-state index contributed by atoms with van der Waals surface area (Å²) in [7, 11) is 0. The maximum atomic E-state index is 12.8. The number of rotatable bonds is 4. The van der Waals surface area contributed by atoms with Crippen molar-refractivity contribution in [3.8, 4) is 0 Å². The zero-order valence-electron chi connectivity index (χ0n) is 13.9. The maximum Gasteiger partial charge on any atom is 0.223 e. The lowest BCUT2D eigenvalue weighted by Crippen LogP contribution is -2.47. The predicted octanol–water partition coefficient (Wildman–Crippen LogP) is 3.33. The lowest BCUT2D eigenvalue weighted by molar-refractivity contribution is -0.136. The van der Waals surface area contributed by atoms with Crippen LogP contribution in [0.5, 0.6) is 0 Å². The Bertz CT molecular complexity index is 509. The summed E-state index contributed by atoms with van der Waals surface area (Å²) < 4.78 is 0. The summed E-state index contributed by atoms with van der Waals surface area (Å²) in [6.07, 6.45) is 16.6. The minimum Gasteiger partial charge on any atom is -0.337 e. The van der Waals surface area contributed by atoms with Crippen molar-refractivity contribution in [1.82, 2.24) is 19.9 Å². The standard InChI is InChI=1S/C18H28N4O/c23-18(9-6-14-4-2-1-3-5-14)21-15-7-8-16(21)13-17(12-15)22-19-10-11-20-22/h10-11,14-17H,1-9,12-13H2. The molecule has 0 N–H and O–H groups in total. The third-order valence-corrected chi connectivity index (χ3v) is 6.25. The fraction of sp³-hybridized carbons (Fsp3) is 0.833. The largest absolute Gasteiger partial charge is 0.337 e. The third kappa shape index (κ3) is 3.15. The quantitative estimate of drug-likeness (QED) is 0.856. The number of piperidine rings is 1. The summed E-state index contributed by atoms with van der Waals surface area (Å²) in [5.41, 5.74) is 0. The maximum absolute atomic E-state index is 12.8. The Balaban J connectivity index is 1.34. The second-order valence-electron chi connectivity index (χ2n) is 7.70. The molecule has 1 amide bonds. The molecule has 1 aromatic rings. The predicted molar refractivity (Wildman–Crippen MR) is 87.8 cm³/mol. The molecule has 1 aromatic heterocycles. The van der Waals surface area contributed by atoms with Crippen molar-refractivity contribution in [3.05, 3.63) is 12.4 Å². The molecule has 5 nitrogen and oxygen atoms in total. The van der Waals surface area contributed by atoms with Crippen LogP contribution < -0.4 is 0 Å². The number of nitrogens with zero attached hydrogens (tertiary/aromatic N) is 4. The Morgan fingerprint density at radius 3 is 2.22 bits per heavy atom. The zero-order valence-corrected chi connectivity index (χ0v) is 13.9. The molecule has 2 saturated heterocycles. The van der Waals surface area contributed by atoms with Gasteiger partial charge in [0.15, 0.2) is 0 Å². The van der Waals surface area contributed by atoms with E-state index in [4.69, 9.17) is 0 Å². The molecule has 23 heavy (non-hydrogen) atoms. The van der Waals surface area contributed by atoms with Gasteiger partial charge in [-0.15, -0.1) is 0 Å². The van der Waals surface area contributed by atoms with E-state index < -0.39 is 0 Å². The molecular formula is C18H28N4O. The van der Waals surface area contributed by atoms with Crippen molar-refractivity contribution in [2.24, 2.45) is 5.92 Å². The van der Waals surface area contributed by atoms with Gasteiger partial charge in [0.25, 0.3) is 0 Å². The number of aromatic nitrogens is 3. The topological polar surface area (TPSA) is 51.0 Å². The smallest absolute Gasteiger partial charge is 0.223 e. The molecule has 0 spiro atoms. The highest BCUT2D eigenvalue weighted by molar-refractivity contribution is 5.77. The minimum atomic E-state index is 0.380. The van der Waals surface area contributed by atoms with E-state index in [1.54, 1.807) is 12.4 Å². The van der Waals surface area contributed by atoms with Crippen LogP contribution in [-0.2, 0) is 4.79 Å². The van der Waals surface area contributed by atoms with Crippen LogP contribution in [0.4, 0.5) is 0 Å². The van der Waals surface area contributed by atoms with Gasteiger partial charge in [0.1, 0.15) is 0 Å². The highest BCUT2D eigenvalue weighted by atomic mass is 16.2. The molecule has 0 aromatic carbocycles. The van der Waals surface area contributed by atoms with Crippen LogP contribution >= 0.6 is 0 Å². The first-order valence-electron chi connectivity index (χ1n) is 9.48. The van der Waals surface area contributed by atoms with Gasteiger partial charge in [0.2, 0.25) is 5.91 Å². The molecule has 1 aliphatic carbocycles. The van der Waals surface area contributed by atoms with Crippen LogP contribution in [-0.4, -0.2) is 37.9 Å². The molecule has 3 heterocycles. The average molecular weight is 316 g/mol. The van der Waals surface area contributed by atoms with Crippen molar-refractivity contribution >= 4 is 5.91 Å². The van der Waals surface area contributed by atoms with Crippen molar-refractivity contribution in [1.29, 1.82) is 0 Å². The van der Waals surface area contributed by atoms with Crippen LogP contribution in [0.25, 0.3) is 0 Å². The van der Waals surface area contributed by atoms with Gasteiger partial charge in [-0.3, -0.25) is 4.79 Å². The minimum absolute atomic E-state index is 0.380. The van der Waals surface area contributed by atoms with Gasteiger partial charge in [-0.1, -0.05) is 32.1 Å². The second-order valence-corrected chi connectivity index (χ2v) is 7.70. The average Bonchev–Trinajstić information content (AvgIpc) is 3.20. The van der Waals surface area contributed by atoms with Gasteiger partial charge in [-0.2, -0.15) is 15.0 Å². The van der Waals surface area contributed by atoms with Gasteiger partial charge in [0.05, 0.1) is 18.4 Å². The summed E-state index contributed by atoms with van der Waals surface area (Å²) in [4.78, 5) is 16.9. The fourth-order valence-electron chi connectivity index (χ4n) is 5.09. The van der Waals surface area contributed by atoms with Crippen molar-refractivity contribution in [2.45, 2.75) is 88.8 Å². The third-order valence-electron chi connectivity index (χ3n) is 6.25. The van der Waals surface area contributed by atoms with Crippen molar-refractivity contribution in [3.63, 3.8) is 0 Å². The van der Waals surface area contributed by atoms with Crippen LogP contribution in [0.15, 0.2) is 12.4 Å². The first-order valence-corrected chi connectivity index (χ1v) is 9.48. The Kier molecular flexibility index (Phi) is 4.36. The Hall–Kier alpha value is -1.39. The molecule has 5 heteroatoms. The summed E-state index contributed by atoms with van der Waals surface area (Å²) >= 11 is 0. The number of hydrogen-bond acceptors (Lipinski definition) is 3. The molecule has 2 atom stereocenters.